The lowest BCUT2D eigenvalue weighted by atomic mass is 9.91. The summed E-state index contributed by atoms with van der Waals surface area (Å²) in [7, 11) is 0. The van der Waals surface area contributed by atoms with Crippen LogP contribution >= 0.6 is 0 Å². The summed E-state index contributed by atoms with van der Waals surface area (Å²) in [6.45, 7) is 4.31. The van der Waals surface area contributed by atoms with Crippen LogP contribution in [0.1, 0.15) is 37.3 Å². The summed E-state index contributed by atoms with van der Waals surface area (Å²) in [5, 5.41) is 0. The van der Waals surface area contributed by atoms with Gasteiger partial charge in [0.15, 0.2) is 0 Å². The van der Waals surface area contributed by atoms with Gasteiger partial charge in [-0.25, -0.2) is 0 Å². The molecule has 0 aromatic heterocycles. The summed E-state index contributed by atoms with van der Waals surface area (Å²) in [5.74, 6) is -0.0311. The van der Waals surface area contributed by atoms with Gasteiger partial charge in [-0.3, -0.25) is 4.79 Å². The first-order chi connectivity index (χ1) is 7.56. The van der Waals surface area contributed by atoms with Crippen LogP contribution in [0.25, 0.3) is 0 Å². The van der Waals surface area contributed by atoms with E-state index < -0.39 is 0 Å². The van der Waals surface area contributed by atoms with Crippen molar-refractivity contribution in [2.45, 2.75) is 44.1 Å². The molecule has 0 N–H and O–H groups in total. The van der Waals surface area contributed by atoms with E-state index >= 15 is 0 Å². The number of carbonyl (C=O) groups excluding carboxylic acids is 1. The molecule has 0 bridgehead atoms. The fourth-order valence-electron chi connectivity index (χ4n) is 3.02. The Balaban J connectivity index is 1.95. The fourth-order valence-corrected chi connectivity index (χ4v) is 3.02. The van der Waals surface area contributed by atoms with E-state index in [1.165, 1.54) is 11.1 Å². The third kappa shape index (κ3) is 1.16. The van der Waals surface area contributed by atoms with Crippen molar-refractivity contribution in [3.05, 3.63) is 35.4 Å². The van der Waals surface area contributed by atoms with Crippen LogP contribution in [0.2, 0.25) is 0 Å². The van der Waals surface area contributed by atoms with Crippen molar-refractivity contribution in [3.8, 4) is 0 Å². The fraction of sp³-hybridized carbons (Fsp3) is 0.500. The molecule has 0 amide bonds. The topological polar surface area (TPSA) is 26.3 Å². The van der Waals surface area contributed by atoms with Crippen molar-refractivity contribution in [2.24, 2.45) is 0 Å². The van der Waals surface area contributed by atoms with Gasteiger partial charge in [0, 0.05) is 18.3 Å². The highest BCUT2D eigenvalue weighted by atomic mass is 16.6. The van der Waals surface area contributed by atoms with E-state index in [0.29, 0.717) is 6.42 Å². The van der Waals surface area contributed by atoms with Gasteiger partial charge in [-0.05, 0) is 18.9 Å². The van der Waals surface area contributed by atoms with Crippen LogP contribution in [0.5, 0.6) is 0 Å². The van der Waals surface area contributed by atoms with Gasteiger partial charge >= 0.3 is 5.97 Å². The predicted molar refractivity (Wildman–Crippen MR) is 61.2 cm³/mol. The molecule has 2 heteroatoms. The summed E-state index contributed by atoms with van der Waals surface area (Å²) < 4.78 is 5.53. The zero-order chi connectivity index (χ0) is 11.4. The Morgan fingerprint density at radius 3 is 2.81 bits per heavy atom. The van der Waals surface area contributed by atoms with Gasteiger partial charge in [-0.2, -0.15) is 0 Å². The molecule has 1 saturated heterocycles. The van der Waals surface area contributed by atoms with E-state index in [1.54, 1.807) is 0 Å². The monoisotopic (exact) mass is 216 g/mol. The maximum Gasteiger partial charge on any atom is 0.306 e. The number of hydrogen-bond donors (Lipinski definition) is 0. The lowest BCUT2D eigenvalue weighted by Crippen LogP contribution is -2.21. The third-order valence-corrected chi connectivity index (χ3v) is 4.22. The number of aryl methyl sites for hydroxylation is 1. The molecule has 1 saturated carbocycles. The zero-order valence-corrected chi connectivity index (χ0v) is 9.75. The summed E-state index contributed by atoms with van der Waals surface area (Å²) in [4.78, 5) is 11.3. The molecule has 84 valence electrons. The number of benzene rings is 1. The molecule has 1 spiro atoms. The second-order valence-electron chi connectivity index (χ2n) is 5.35. The maximum absolute atomic E-state index is 11.3. The van der Waals surface area contributed by atoms with Gasteiger partial charge in [0.25, 0.3) is 0 Å². The average molecular weight is 216 g/mol. The largest absolute Gasteiger partial charge is 0.458 e. The first-order valence-corrected chi connectivity index (χ1v) is 5.85. The van der Waals surface area contributed by atoms with Crippen molar-refractivity contribution >= 4 is 5.97 Å². The predicted octanol–water partition coefficient (Wildman–Crippen LogP) is 2.73. The molecule has 1 aromatic carbocycles. The molecule has 1 aromatic rings. The minimum atomic E-state index is -0.183. The molecule has 2 atom stereocenters. The Labute approximate surface area is 95.6 Å². The van der Waals surface area contributed by atoms with E-state index in [1.807, 2.05) is 0 Å². The minimum absolute atomic E-state index is 0.0311. The highest BCUT2D eigenvalue weighted by molar-refractivity contribution is 5.74. The van der Waals surface area contributed by atoms with E-state index in [2.05, 4.69) is 38.1 Å². The molecular weight excluding hydrogens is 200 g/mol. The molecule has 2 fully saturated rings. The first kappa shape index (κ1) is 9.88. The number of carbonyl (C=O) groups is 1. The molecule has 1 heterocycles. The van der Waals surface area contributed by atoms with E-state index in [9.17, 15) is 4.79 Å². The van der Waals surface area contributed by atoms with Crippen molar-refractivity contribution in [1.29, 1.82) is 0 Å². The summed E-state index contributed by atoms with van der Waals surface area (Å²) in [5.41, 5.74) is 2.44. The molecule has 1 aliphatic carbocycles. The molecule has 2 nitrogen and oxygen atoms in total. The lowest BCUT2D eigenvalue weighted by Gasteiger charge is -2.17. The molecule has 0 unspecified atom stereocenters. The van der Waals surface area contributed by atoms with Crippen LogP contribution in [0.3, 0.4) is 0 Å². The summed E-state index contributed by atoms with van der Waals surface area (Å²) in [6, 6.07) is 8.54. The van der Waals surface area contributed by atoms with Gasteiger partial charge in [0.2, 0.25) is 0 Å². The number of esters is 1. The minimum Gasteiger partial charge on any atom is -0.458 e. The lowest BCUT2D eigenvalue weighted by molar-refractivity contribution is -0.143. The normalized spacial score (nSPS) is 36.5. The SMILES string of the molecule is Cc1cccc([C@@]2(C)C[C@@]23CCC(=O)O3)c1. The third-order valence-electron chi connectivity index (χ3n) is 4.22. The van der Waals surface area contributed by atoms with Crippen molar-refractivity contribution in [3.63, 3.8) is 0 Å². The highest BCUT2D eigenvalue weighted by Crippen LogP contribution is 2.64. The molecule has 3 rings (SSSR count). The standard InChI is InChI=1S/C14H16O2/c1-10-4-3-5-11(8-10)13(2)9-14(13)7-6-12(15)16-14/h3-5,8H,6-7,9H2,1-2H3/t13-,14+/m1/s1. The van der Waals surface area contributed by atoms with Crippen molar-refractivity contribution in [2.75, 3.05) is 0 Å². The van der Waals surface area contributed by atoms with E-state index in [0.717, 1.165) is 12.8 Å². The highest BCUT2D eigenvalue weighted by Gasteiger charge is 2.70. The number of rotatable bonds is 1. The molecule has 1 aliphatic heterocycles. The Morgan fingerprint density at radius 1 is 1.38 bits per heavy atom. The van der Waals surface area contributed by atoms with Crippen molar-refractivity contribution < 1.29 is 9.53 Å². The van der Waals surface area contributed by atoms with Crippen LogP contribution < -0.4 is 0 Å². The second-order valence-corrected chi connectivity index (χ2v) is 5.35. The summed E-state index contributed by atoms with van der Waals surface area (Å²) in [6.07, 6.45) is 2.45. The zero-order valence-electron chi connectivity index (χ0n) is 9.75. The van der Waals surface area contributed by atoms with Crippen LogP contribution in [0.4, 0.5) is 0 Å². The second kappa shape index (κ2) is 2.88. The number of ether oxygens (including phenoxy) is 1. The quantitative estimate of drug-likeness (QED) is 0.675. The number of hydrogen-bond acceptors (Lipinski definition) is 2. The Morgan fingerprint density at radius 2 is 2.19 bits per heavy atom. The average Bonchev–Trinajstić information content (AvgIpc) is 2.62. The Hall–Kier alpha value is -1.31. The Bertz CT molecular complexity index is 466. The smallest absolute Gasteiger partial charge is 0.306 e. The van der Waals surface area contributed by atoms with Gasteiger partial charge in [-0.1, -0.05) is 36.8 Å². The van der Waals surface area contributed by atoms with Gasteiger partial charge in [0.05, 0.1) is 0 Å². The Kier molecular flexibility index (Phi) is 1.78. The summed E-state index contributed by atoms with van der Waals surface area (Å²) >= 11 is 0. The van der Waals surface area contributed by atoms with Crippen molar-refractivity contribution in [1.82, 2.24) is 0 Å². The first-order valence-electron chi connectivity index (χ1n) is 5.85. The maximum atomic E-state index is 11.3. The molecule has 2 aliphatic rings. The van der Waals surface area contributed by atoms with Crippen LogP contribution in [0, 0.1) is 6.92 Å². The van der Waals surface area contributed by atoms with E-state index in [4.69, 9.17) is 4.74 Å². The molecule has 16 heavy (non-hydrogen) atoms. The van der Waals surface area contributed by atoms with Crippen LogP contribution in [-0.2, 0) is 14.9 Å². The van der Waals surface area contributed by atoms with Gasteiger partial charge in [0.1, 0.15) is 5.60 Å². The molecule has 0 radical (unpaired) electrons. The van der Waals surface area contributed by atoms with Gasteiger partial charge < -0.3 is 4.74 Å². The van der Waals surface area contributed by atoms with Crippen LogP contribution in [0.15, 0.2) is 24.3 Å². The van der Waals surface area contributed by atoms with E-state index in [-0.39, 0.29) is 17.0 Å². The van der Waals surface area contributed by atoms with Gasteiger partial charge in [-0.15, -0.1) is 0 Å². The molecular formula is C14H16O2. The van der Waals surface area contributed by atoms with Crippen LogP contribution in [-0.4, -0.2) is 11.6 Å².